The average molecular weight is 212 g/mol. The first-order chi connectivity index (χ1) is 7.08. The summed E-state index contributed by atoms with van der Waals surface area (Å²) in [6.45, 7) is 11.7. The maximum Gasteiger partial charge on any atom is 0.0433 e. The highest BCUT2D eigenvalue weighted by molar-refractivity contribution is 5.05. The minimum atomic E-state index is 0.205. The lowest BCUT2D eigenvalue weighted by Gasteiger charge is -2.44. The lowest BCUT2D eigenvalue weighted by Crippen LogP contribution is -2.57. The Morgan fingerprint density at radius 1 is 1.27 bits per heavy atom. The van der Waals surface area contributed by atoms with Crippen molar-refractivity contribution < 1.29 is 0 Å². The van der Waals surface area contributed by atoms with E-state index in [4.69, 9.17) is 0 Å². The van der Waals surface area contributed by atoms with Crippen molar-refractivity contribution in [2.24, 2.45) is 0 Å². The summed E-state index contributed by atoms with van der Waals surface area (Å²) >= 11 is 0. The van der Waals surface area contributed by atoms with E-state index in [1.807, 2.05) is 0 Å². The van der Waals surface area contributed by atoms with Gasteiger partial charge in [0.05, 0.1) is 0 Å². The first kappa shape index (κ1) is 14.7. The molecule has 2 nitrogen and oxygen atoms in total. The predicted octanol–water partition coefficient (Wildman–Crippen LogP) is 2.66. The van der Waals surface area contributed by atoms with Crippen LogP contribution >= 0.6 is 0 Å². The van der Waals surface area contributed by atoms with E-state index >= 15 is 0 Å². The summed E-state index contributed by atoms with van der Waals surface area (Å²) in [5, 5.41) is 3.58. The van der Waals surface area contributed by atoms with Gasteiger partial charge in [-0.1, -0.05) is 26.8 Å². The fourth-order valence-electron chi connectivity index (χ4n) is 2.39. The molecule has 0 saturated carbocycles. The highest BCUT2D eigenvalue weighted by atomic mass is 15.2. The van der Waals surface area contributed by atoms with Crippen LogP contribution in [0.15, 0.2) is 12.7 Å². The van der Waals surface area contributed by atoms with Gasteiger partial charge in [-0.05, 0) is 39.9 Å². The van der Waals surface area contributed by atoms with Gasteiger partial charge in [0.25, 0.3) is 0 Å². The molecule has 0 aromatic heterocycles. The van der Waals surface area contributed by atoms with Crippen LogP contribution in [0.2, 0.25) is 0 Å². The number of rotatable bonds is 8. The maximum absolute atomic E-state index is 3.97. The average Bonchev–Trinajstić information content (AvgIpc) is 2.24. The van der Waals surface area contributed by atoms with E-state index in [2.05, 4.69) is 57.7 Å². The van der Waals surface area contributed by atoms with Crippen LogP contribution in [0, 0.1) is 0 Å². The van der Waals surface area contributed by atoms with Crippen molar-refractivity contribution in [2.45, 2.75) is 51.6 Å². The Bertz CT molecular complexity index is 171. The third-order valence-corrected chi connectivity index (χ3v) is 3.54. The Kier molecular flexibility index (Phi) is 6.86. The first-order valence-electron chi connectivity index (χ1n) is 6.12. The smallest absolute Gasteiger partial charge is 0.0433 e. The van der Waals surface area contributed by atoms with Crippen molar-refractivity contribution in [3.8, 4) is 0 Å². The SMILES string of the molecule is C=CC(NCCC)C(CC)(CC)N(C)C. The highest BCUT2D eigenvalue weighted by Crippen LogP contribution is 2.26. The summed E-state index contributed by atoms with van der Waals surface area (Å²) in [6, 6.07) is 0.377. The number of nitrogens with one attached hydrogen (secondary N) is 1. The second-order valence-corrected chi connectivity index (χ2v) is 4.37. The van der Waals surface area contributed by atoms with E-state index in [0.717, 1.165) is 19.4 Å². The molecule has 0 heterocycles. The van der Waals surface area contributed by atoms with Gasteiger partial charge in [-0.25, -0.2) is 0 Å². The van der Waals surface area contributed by atoms with Crippen LogP contribution in [-0.2, 0) is 0 Å². The topological polar surface area (TPSA) is 15.3 Å². The number of nitrogens with zero attached hydrogens (tertiary/aromatic N) is 1. The van der Waals surface area contributed by atoms with Crippen molar-refractivity contribution in [1.82, 2.24) is 10.2 Å². The Morgan fingerprint density at radius 3 is 2.07 bits per heavy atom. The van der Waals surface area contributed by atoms with Crippen LogP contribution < -0.4 is 5.32 Å². The molecule has 90 valence electrons. The molecule has 1 unspecified atom stereocenters. The van der Waals surface area contributed by atoms with Crippen LogP contribution in [-0.4, -0.2) is 37.1 Å². The van der Waals surface area contributed by atoms with Crippen molar-refractivity contribution >= 4 is 0 Å². The van der Waals surface area contributed by atoms with Crippen LogP contribution in [0.25, 0.3) is 0 Å². The molecule has 2 heteroatoms. The Balaban J connectivity index is 4.75. The fourth-order valence-corrected chi connectivity index (χ4v) is 2.39. The minimum absolute atomic E-state index is 0.205. The summed E-state index contributed by atoms with van der Waals surface area (Å²) < 4.78 is 0. The van der Waals surface area contributed by atoms with Gasteiger partial charge in [-0.2, -0.15) is 0 Å². The van der Waals surface area contributed by atoms with Gasteiger partial charge in [-0.15, -0.1) is 6.58 Å². The predicted molar refractivity (Wildman–Crippen MR) is 69.3 cm³/mol. The van der Waals surface area contributed by atoms with Gasteiger partial charge in [-0.3, -0.25) is 0 Å². The molecule has 0 rings (SSSR count). The van der Waals surface area contributed by atoms with E-state index in [9.17, 15) is 0 Å². The summed E-state index contributed by atoms with van der Waals surface area (Å²) in [4.78, 5) is 2.34. The fraction of sp³-hybridized carbons (Fsp3) is 0.846. The van der Waals surface area contributed by atoms with Crippen LogP contribution in [0.4, 0.5) is 0 Å². The zero-order chi connectivity index (χ0) is 11.9. The van der Waals surface area contributed by atoms with E-state index in [1.165, 1.54) is 6.42 Å². The van der Waals surface area contributed by atoms with Crippen LogP contribution in [0.1, 0.15) is 40.0 Å². The Labute approximate surface area is 95.7 Å². The van der Waals surface area contributed by atoms with Gasteiger partial charge in [0, 0.05) is 11.6 Å². The summed E-state index contributed by atoms with van der Waals surface area (Å²) in [7, 11) is 4.33. The molecule has 0 bridgehead atoms. The van der Waals surface area contributed by atoms with E-state index < -0.39 is 0 Å². The van der Waals surface area contributed by atoms with Gasteiger partial charge >= 0.3 is 0 Å². The van der Waals surface area contributed by atoms with Crippen molar-refractivity contribution in [1.29, 1.82) is 0 Å². The molecule has 0 radical (unpaired) electrons. The maximum atomic E-state index is 3.97. The third kappa shape index (κ3) is 3.32. The molecule has 0 spiro atoms. The molecule has 0 amide bonds. The molecule has 0 aliphatic carbocycles. The van der Waals surface area contributed by atoms with Crippen molar-refractivity contribution in [2.75, 3.05) is 20.6 Å². The number of likely N-dealkylation sites (N-methyl/N-ethyl adjacent to an activating group) is 1. The molecule has 0 fully saturated rings. The Hall–Kier alpha value is -0.340. The van der Waals surface area contributed by atoms with Gasteiger partial charge in [0.15, 0.2) is 0 Å². The number of hydrogen-bond donors (Lipinski definition) is 1. The standard InChI is InChI=1S/C13H28N2/c1-7-11-14-12(8-2)13(9-3,10-4)15(5)6/h8,12,14H,2,7,9-11H2,1,3-6H3. The van der Waals surface area contributed by atoms with Crippen LogP contribution in [0.3, 0.4) is 0 Å². The monoisotopic (exact) mass is 212 g/mol. The first-order valence-corrected chi connectivity index (χ1v) is 6.12. The zero-order valence-corrected chi connectivity index (χ0v) is 11.1. The minimum Gasteiger partial charge on any atom is -0.309 e. The second kappa shape index (κ2) is 7.02. The van der Waals surface area contributed by atoms with E-state index in [0.29, 0.717) is 6.04 Å². The quantitative estimate of drug-likeness (QED) is 0.622. The van der Waals surface area contributed by atoms with Crippen molar-refractivity contribution in [3.63, 3.8) is 0 Å². The summed E-state index contributed by atoms with van der Waals surface area (Å²) in [5.74, 6) is 0. The molecule has 15 heavy (non-hydrogen) atoms. The highest BCUT2D eigenvalue weighted by Gasteiger charge is 2.35. The van der Waals surface area contributed by atoms with E-state index in [1.54, 1.807) is 0 Å². The van der Waals surface area contributed by atoms with Gasteiger partial charge in [0.1, 0.15) is 0 Å². The molecule has 0 aromatic carbocycles. The molecule has 0 aliphatic rings. The molecular formula is C13H28N2. The molecule has 0 aliphatic heterocycles. The number of hydrogen-bond acceptors (Lipinski definition) is 2. The third-order valence-electron chi connectivity index (χ3n) is 3.54. The lowest BCUT2D eigenvalue weighted by atomic mass is 9.83. The molecular weight excluding hydrogens is 184 g/mol. The summed E-state index contributed by atoms with van der Waals surface area (Å²) in [6.07, 6.45) is 5.51. The molecule has 0 aromatic rings. The van der Waals surface area contributed by atoms with Gasteiger partial charge in [0.2, 0.25) is 0 Å². The Morgan fingerprint density at radius 2 is 1.80 bits per heavy atom. The summed E-state index contributed by atoms with van der Waals surface area (Å²) in [5.41, 5.74) is 0.205. The molecule has 1 N–H and O–H groups in total. The normalized spacial score (nSPS) is 14.3. The largest absolute Gasteiger partial charge is 0.309 e. The lowest BCUT2D eigenvalue weighted by molar-refractivity contribution is 0.108. The van der Waals surface area contributed by atoms with Crippen molar-refractivity contribution in [3.05, 3.63) is 12.7 Å². The molecule has 1 atom stereocenters. The second-order valence-electron chi connectivity index (χ2n) is 4.37. The zero-order valence-electron chi connectivity index (χ0n) is 11.1. The molecule has 0 saturated heterocycles. The van der Waals surface area contributed by atoms with Gasteiger partial charge < -0.3 is 10.2 Å². The van der Waals surface area contributed by atoms with Crippen LogP contribution in [0.5, 0.6) is 0 Å². The van der Waals surface area contributed by atoms with E-state index in [-0.39, 0.29) is 5.54 Å².